The second-order valence-corrected chi connectivity index (χ2v) is 13.4. The predicted molar refractivity (Wildman–Crippen MR) is 155 cm³/mol. The third kappa shape index (κ3) is 9.31. The minimum absolute atomic E-state index is 0.0146. The number of hydrogen-bond acceptors (Lipinski definition) is 9. The molecule has 2 fully saturated rings. The summed E-state index contributed by atoms with van der Waals surface area (Å²) < 4.78 is 0. The molecule has 0 bridgehead atoms. The van der Waals surface area contributed by atoms with Crippen LogP contribution in [0.3, 0.4) is 0 Å². The van der Waals surface area contributed by atoms with Gasteiger partial charge in [0.25, 0.3) is 0 Å². The lowest BCUT2D eigenvalue weighted by Gasteiger charge is -2.36. The smallest absolute Gasteiger partial charge is 0.246 e. The molecule has 16 heteroatoms. The van der Waals surface area contributed by atoms with E-state index in [2.05, 4.69) is 26.6 Å². The first-order valence-corrected chi connectivity index (χ1v) is 14.9. The molecule has 42 heavy (non-hydrogen) atoms. The van der Waals surface area contributed by atoms with Crippen molar-refractivity contribution in [1.29, 1.82) is 0 Å². The average molecular weight is 613 g/mol. The van der Waals surface area contributed by atoms with Gasteiger partial charge in [0, 0.05) is 18.8 Å². The van der Waals surface area contributed by atoms with Crippen molar-refractivity contribution in [3.05, 3.63) is 0 Å². The fourth-order valence-corrected chi connectivity index (χ4v) is 5.47. The summed E-state index contributed by atoms with van der Waals surface area (Å²) in [6.45, 7) is 9.61. The first-order chi connectivity index (χ1) is 19.4. The van der Waals surface area contributed by atoms with E-state index >= 15 is 0 Å². The zero-order chi connectivity index (χ0) is 32.0. The van der Waals surface area contributed by atoms with Gasteiger partial charge in [0.1, 0.15) is 29.7 Å². The third-order valence-electron chi connectivity index (χ3n) is 6.99. The Hall–Kier alpha value is -3.40. The van der Waals surface area contributed by atoms with Gasteiger partial charge in [-0.1, -0.05) is 27.7 Å². The number of amides is 7. The Labute approximate surface area is 249 Å². The normalized spacial score (nSPS) is 29.2. The molecule has 2 heterocycles. The molecule has 5 atom stereocenters. The molecule has 0 aromatic rings. The van der Waals surface area contributed by atoms with E-state index in [4.69, 9.17) is 11.5 Å². The van der Waals surface area contributed by atoms with Crippen LogP contribution in [0.5, 0.6) is 0 Å². The van der Waals surface area contributed by atoms with Crippen LogP contribution >= 0.6 is 11.8 Å². The summed E-state index contributed by atoms with van der Waals surface area (Å²) in [6, 6.07) is -4.28. The molecular weight excluding hydrogens is 568 g/mol. The van der Waals surface area contributed by atoms with Crippen molar-refractivity contribution in [2.75, 3.05) is 31.1 Å². The molecular formula is C26H44N8O7S. The lowest BCUT2D eigenvalue weighted by atomic mass is 9.85. The standard InChI is InChI=1S/C26H44N8O7S/c1-13-7-16-22(39)33-26(5,6)24(41)29-9-17(35)30-14(8-27)21(38)31-15(20(28)37)11-42-12-18(36)32-19(25(2,3)4)23(40)34(16)10-13/h13-16,19H,7-12,27H2,1-6H3,(H2,28,37)(H,29,41)(H,30,35)(H,31,38)(H,32,36)(H,33,39)/t13-,14-,15-,16+,19-/m1/s1. The first-order valence-electron chi connectivity index (χ1n) is 13.7. The maximum atomic E-state index is 13.8. The van der Waals surface area contributed by atoms with E-state index in [9.17, 15) is 33.6 Å². The number of thioether (sulfide) groups is 1. The van der Waals surface area contributed by atoms with Gasteiger partial charge in [-0.2, -0.15) is 0 Å². The van der Waals surface area contributed by atoms with Crippen LogP contribution in [0.15, 0.2) is 0 Å². The highest BCUT2D eigenvalue weighted by Crippen LogP contribution is 2.29. The molecule has 9 N–H and O–H groups in total. The number of nitrogens with zero attached hydrogens (tertiary/aromatic N) is 1. The van der Waals surface area contributed by atoms with Crippen molar-refractivity contribution < 1.29 is 33.6 Å². The molecule has 0 radical (unpaired) electrons. The van der Waals surface area contributed by atoms with Crippen molar-refractivity contribution in [3.63, 3.8) is 0 Å². The molecule has 7 amide bonds. The number of nitrogens with one attached hydrogen (secondary N) is 5. The maximum Gasteiger partial charge on any atom is 0.246 e. The van der Waals surface area contributed by atoms with Crippen LogP contribution in [0, 0.1) is 11.3 Å². The summed E-state index contributed by atoms with van der Waals surface area (Å²) >= 11 is 1.01. The van der Waals surface area contributed by atoms with E-state index in [1.807, 2.05) is 6.92 Å². The number of primary amides is 1. The molecule has 236 valence electrons. The van der Waals surface area contributed by atoms with Crippen molar-refractivity contribution in [3.8, 4) is 0 Å². The number of nitrogens with two attached hydrogens (primary N) is 2. The van der Waals surface area contributed by atoms with E-state index < -0.39 is 83.0 Å². The SMILES string of the molecule is C[C@@H]1C[C@H]2C(=O)NC(C)(C)C(=O)NCC(=O)N[C@H](CN)C(=O)N[C@@H](C(N)=O)CSCC(=O)N[C@@H](C(C)(C)C)C(=O)N2C1. The first kappa shape index (κ1) is 34.8. The van der Waals surface area contributed by atoms with Crippen LogP contribution in [0.1, 0.15) is 48.0 Å². The van der Waals surface area contributed by atoms with Crippen LogP contribution in [0.4, 0.5) is 0 Å². The van der Waals surface area contributed by atoms with Crippen LogP contribution in [-0.2, 0) is 33.6 Å². The van der Waals surface area contributed by atoms with Crippen molar-refractivity contribution >= 4 is 53.1 Å². The van der Waals surface area contributed by atoms with Gasteiger partial charge in [0.2, 0.25) is 41.4 Å². The highest BCUT2D eigenvalue weighted by atomic mass is 32.2. The molecule has 0 spiro atoms. The molecule has 2 rings (SSSR count). The zero-order valence-corrected chi connectivity index (χ0v) is 25.8. The molecule has 15 nitrogen and oxygen atoms in total. The fourth-order valence-electron chi connectivity index (χ4n) is 4.60. The van der Waals surface area contributed by atoms with Gasteiger partial charge in [-0.3, -0.25) is 33.6 Å². The van der Waals surface area contributed by atoms with Crippen LogP contribution < -0.4 is 38.1 Å². The van der Waals surface area contributed by atoms with Gasteiger partial charge in [-0.15, -0.1) is 11.8 Å². The Morgan fingerprint density at radius 1 is 1.02 bits per heavy atom. The Bertz CT molecular complexity index is 1090. The topological polar surface area (TPSA) is 235 Å². The molecule has 2 aliphatic heterocycles. The number of fused-ring (bicyclic) bond motifs is 1. The van der Waals surface area contributed by atoms with E-state index in [1.54, 1.807) is 20.8 Å². The van der Waals surface area contributed by atoms with Crippen LogP contribution in [-0.4, -0.2) is 107 Å². The second kappa shape index (κ2) is 14.2. The molecule has 0 aromatic heterocycles. The van der Waals surface area contributed by atoms with Gasteiger partial charge in [-0.05, 0) is 31.6 Å². The van der Waals surface area contributed by atoms with Gasteiger partial charge in [-0.25, -0.2) is 0 Å². The molecule has 2 saturated heterocycles. The highest BCUT2D eigenvalue weighted by molar-refractivity contribution is 8.00. The Kier molecular flexibility index (Phi) is 11.7. The van der Waals surface area contributed by atoms with E-state index in [0.29, 0.717) is 6.42 Å². The van der Waals surface area contributed by atoms with Gasteiger partial charge in [0.15, 0.2) is 0 Å². The van der Waals surface area contributed by atoms with E-state index in [1.165, 1.54) is 18.7 Å². The van der Waals surface area contributed by atoms with Gasteiger partial charge in [0.05, 0.1) is 12.3 Å². The number of carbonyl (C=O) groups excluding carboxylic acids is 7. The van der Waals surface area contributed by atoms with E-state index in [0.717, 1.165) is 11.8 Å². The minimum Gasteiger partial charge on any atom is -0.368 e. The summed E-state index contributed by atoms with van der Waals surface area (Å²) in [5.41, 5.74) is 8.89. The molecule has 0 aromatic carbocycles. The highest BCUT2D eigenvalue weighted by Gasteiger charge is 2.45. The molecule has 0 aliphatic carbocycles. The summed E-state index contributed by atoms with van der Waals surface area (Å²) in [5.74, 6) is -4.77. The van der Waals surface area contributed by atoms with Gasteiger partial charge >= 0.3 is 0 Å². The van der Waals surface area contributed by atoms with Gasteiger partial charge < -0.3 is 43.0 Å². The number of carbonyl (C=O) groups is 7. The summed E-state index contributed by atoms with van der Waals surface area (Å²) in [5, 5.41) is 12.7. The lowest BCUT2D eigenvalue weighted by molar-refractivity contribution is -0.144. The Balaban J connectivity index is 2.41. The summed E-state index contributed by atoms with van der Waals surface area (Å²) in [6.07, 6.45) is 0.356. The molecule has 0 unspecified atom stereocenters. The minimum atomic E-state index is -1.47. The zero-order valence-electron chi connectivity index (χ0n) is 25.0. The number of hydrogen-bond donors (Lipinski definition) is 7. The van der Waals surface area contributed by atoms with Crippen molar-refractivity contribution in [2.24, 2.45) is 22.8 Å². The van der Waals surface area contributed by atoms with Crippen molar-refractivity contribution in [2.45, 2.75) is 77.7 Å². The maximum absolute atomic E-state index is 13.8. The number of rotatable bonds is 2. The van der Waals surface area contributed by atoms with Crippen molar-refractivity contribution in [1.82, 2.24) is 31.5 Å². The van der Waals surface area contributed by atoms with Crippen LogP contribution in [0.25, 0.3) is 0 Å². The Morgan fingerprint density at radius 2 is 1.67 bits per heavy atom. The monoisotopic (exact) mass is 612 g/mol. The quantitative estimate of drug-likeness (QED) is 0.167. The predicted octanol–water partition coefficient (Wildman–Crippen LogP) is -3.07. The second-order valence-electron chi connectivity index (χ2n) is 12.3. The molecule has 0 saturated carbocycles. The lowest BCUT2D eigenvalue weighted by Crippen LogP contribution is -2.62. The average Bonchev–Trinajstić information content (AvgIpc) is 3.28. The third-order valence-corrected chi connectivity index (χ3v) is 8.03. The fraction of sp³-hybridized carbons (Fsp3) is 0.731. The van der Waals surface area contributed by atoms with E-state index in [-0.39, 0.29) is 30.5 Å². The van der Waals surface area contributed by atoms with Crippen LogP contribution in [0.2, 0.25) is 0 Å². The summed E-state index contributed by atoms with van der Waals surface area (Å²) in [7, 11) is 0. The Morgan fingerprint density at radius 3 is 2.24 bits per heavy atom. The molecule has 2 aliphatic rings. The largest absolute Gasteiger partial charge is 0.368 e. The summed E-state index contributed by atoms with van der Waals surface area (Å²) in [4.78, 5) is 91.7.